The second kappa shape index (κ2) is 4.45. The van der Waals surface area contributed by atoms with Crippen molar-refractivity contribution in [3.63, 3.8) is 0 Å². The Morgan fingerprint density at radius 3 is 2.65 bits per heavy atom. The van der Waals surface area contributed by atoms with Gasteiger partial charge in [-0.25, -0.2) is 0 Å². The van der Waals surface area contributed by atoms with E-state index in [0.29, 0.717) is 24.2 Å². The van der Waals surface area contributed by atoms with Crippen LogP contribution < -0.4 is 5.73 Å². The first-order valence-corrected chi connectivity index (χ1v) is 5.46. The van der Waals surface area contributed by atoms with Crippen LogP contribution >= 0.6 is 0 Å². The van der Waals surface area contributed by atoms with Crippen LogP contribution in [0.1, 0.15) is 16.8 Å². The molecule has 0 bridgehead atoms. The minimum atomic E-state index is -0.846. The third kappa shape index (κ3) is 2.22. The fourth-order valence-corrected chi connectivity index (χ4v) is 2.01. The van der Waals surface area contributed by atoms with Crippen LogP contribution in [0.15, 0.2) is 24.3 Å². The highest BCUT2D eigenvalue weighted by molar-refractivity contribution is 5.99. The number of likely N-dealkylation sites (tertiary alicyclic amines) is 1. The summed E-state index contributed by atoms with van der Waals surface area (Å²) in [5.41, 5.74) is 6.59. The van der Waals surface area contributed by atoms with E-state index in [1.165, 1.54) is 0 Å². The lowest BCUT2D eigenvalue weighted by Gasteiger charge is -2.16. The largest absolute Gasteiger partial charge is 0.481 e. The molecule has 90 valence electrons. The molecule has 1 unspecified atom stereocenters. The molecule has 1 saturated heterocycles. The number of nitrogen functional groups attached to an aromatic ring is 1. The molecular weight excluding hydrogens is 220 g/mol. The molecule has 2 rings (SSSR count). The SMILES string of the molecule is Nc1ccccc1C(=O)N1CCC(C(=O)O)C1. The fourth-order valence-electron chi connectivity index (χ4n) is 2.01. The molecule has 5 heteroatoms. The van der Waals surface area contributed by atoms with Crippen molar-refractivity contribution < 1.29 is 14.7 Å². The van der Waals surface area contributed by atoms with Crippen LogP contribution in [0.25, 0.3) is 0 Å². The van der Waals surface area contributed by atoms with Gasteiger partial charge in [0.25, 0.3) is 5.91 Å². The average Bonchev–Trinajstić information content (AvgIpc) is 2.78. The molecule has 0 radical (unpaired) electrons. The van der Waals surface area contributed by atoms with Gasteiger partial charge < -0.3 is 15.7 Å². The number of aliphatic carboxylic acids is 1. The van der Waals surface area contributed by atoms with Gasteiger partial charge in [-0.15, -0.1) is 0 Å². The van der Waals surface area contributed by atoms with Gasteiger partial charge in [0, 0.05) is 18.8 Å². The number of carbonyl (C=O) groups is 2. The van der Waals surface area contributed by atoms with E-state index in [-0.39, 0.29) is 12.5 Å². The Labute approximate surface area is 98.8 Å². The van der Waals surface area contributed by atoms with Crippen molar-refractivity contribution in [2.45, 2.75) is 6.42 Å². The van der Waals surface area contributed by atoms with Crippen molar-refractivity contribution in [2.24, 2.45) is 5.92 Å². The van der Waals surface area contributed by atoms with Gasteiger partial charge in [-0.3, -0.25) is 9.59 Å². The predicted octanol–water partition coefficient (Wildman–Crippen LogP) is 0.815. The monoisotopic (exact) mass is 234 g/mol. The molecule has 1 aliphatic rings. The van der Waals surface area contributed by atoms with Crippen LogP contribution in [0.2, 0.25) is 0 Å². The second-order valence-corrected chi connectivity index (χ2v) is 4.16. The lowest BCUT2D eigenvalue weighted by Crippen LogP contribution is -2.30. The molecule has 5 nitrogen and oxygen atoms in total. The number of nitrogens with two attached hydrogens (primary N) is 1. The van der Waals surface area contributed by atoms with E-state index < -0.39 is 11.9 Å². The van der Waals surface area contributed by atoms with Gasteiger partial charge in [0.05, 0.1) is 11.5 Å². The average molecular weight is 234 g/mol. The van der Waals surface area contributed by atoms with Gasteiger partial charge in [-0.1, -0.05) is 12.1 Å². The Morgan fingerprint density at radius 1 is 1.35 bits per heavy atom. The van der Waals surface area contributed by atoms with Crippen molar-refractivity contribution in [1.29, 1.82) is 0 Å². The van der Waals surface area contributed by atoms with Crippen LogP contribution in [0.5, 0.6) is 0 Å². The molecule has 3 N–H and O–H groups in total. The predicted molar refractivity (Wildman–Crippen MR) is 62.5 cm³/mol. The molecule has 1 fully saturated rings. The number of carboxylic acids is 1. The maximum absolute atomic E-state index is 12.1. The number of carboxylic acid groups (broad SMARTS) is 1. The highest BCUT2D eigenvalue weighted by Crippen LogP contribution is 2.21. The van der Waals surface area contributed by atoms with Gasteiger partial charge in [-0.2, -0.15) is 0 Å². The van der Waals surface area contributed by atoms with Gasteiger partial charge in [0.2, 0.25) is 0 Å². The number of amides is 1. The van der Waals surface area contributed by atoms with Gasteiger partial charge in [-0.05, 0) is 18.6 Å². The molecule has 1 amide bonds. The van der Waals surface area contributed by atoms with E-state index in [9.17, 15) is 9.59 Å². The summed E-state index contributed by atoms with van der Waals surface area (Å²) in [4.78, 5) is 24.4. The number of hydrogen-bond donors (Lipinski definition) is 2. The number of hydrogen-bond acceptors (Lipinski definition) is 3. The maximum Gasteiger partial charge on any atom is 0.308 e. The van der Waals surface area contributed by atoms with Gasteiger partial charge in [0.15, 0.2) is 0 Å². The molecule has 1 aromatic carbocycles. The molecule has 0 aliphatic carbocycles. The normalized spacial score (nSPS) is 19.3. The van der Waals surface area contributed by atoms with E-state index in [1.54, 1.807) is 29.2 Å². The van der Waals surface area contributed by atoms with Crippen LogP contribution in [0, 0.1) is 5.92 Å². The second-order valence-electron chi connectivity index (χ2n) is 4.16. The number of para-hydroxylation sites is 1. The van der Waals surface area contributed by atoms with Crippen LogP contribution in [0.4, 0.5) is 5.69 Å². The van der Waals surface area contributed by atoms with Crippen molar-refractivity contribution in [1.82, 2.24) is 4.90 Å². The third-order valence-electron chi connectivity index (χ3n) is 3.02. The summed E-state index contributed by atoms with van der Waals surface area (Å²) in [5.74, 6) is -1.49. The number of carbonyl (C=O) groups excluding carboxylic acids is 1. The van der Waals surface area contributed by atoms with E-state index in [4.69, 9.17) is 10.8 Å². The standard InChI is InChI=1S/C12H14N2O3/c13-10-4-2-1-3-9(10)11(15)14-6-5-8(7-14)12(16)17/h1-4,8H,5-7,13H2,(H,16,17). The minimum Gasteiger partial charge on any atom is -0.481 e. The van der Waals surface area contributed by atoms with E-state index in [0.717, 1.165) is 0 Å². The minimum absolute atomic E-state index is 0.188. The van der Waals surface area contributed by atoms with Crippen molar-refractivity contribution >= 4 is 17.6 Å². The Bertz CT molecular complexity index is 459. The van der Waals surface area contributed by atoms with Crippen molar-refractivity contribution in [3.8, 4) is 0 Å². The van der Waals surface area contributed by atoms with E-state index in [1.807, 2.05) is 0 Å². The first-order valence-electron chi connectivity index (χ1n) is 5.46. The Hall–Kier alpha value is -2.04. The molecule has 0 aromatic heterocycles. The lowest BCUT2D eigenvalue weighted by atomic mass is 10.1. The Morgan fingerprint density at radius 2 is 2.06 bits per heavy atom. The highest BCUT2D eigenvalue weighted by atomic mass is 16.4. The highest BCUT2D eigenvalue weighted by Gasteiger charge is 2.31. The maximum atomic E-state index is 12.1. The summed E-state index contributed by atoms with van der Waals surface area (Å²) in [7, 11) is 0. The zero-order valence-electron chi connectivity index (χ0n) is 9.30. The summed E-state index contributed by atoms with van der Waals surface area (Å²) in [6.07, 6.45) is 0.508. The number of nitrogens with zero attached hydrogens (tertiary/aromatic N) is 1. The van der Waals surface area contributed by atoms with Crippen LogP contribution in [-0.2, 0) is 4.79 Å². The van der Waals surface area contributed by atoms with E-state index in [2.05, 4.69) is 0 Å². The van der Waals surface area contributed by atoms with Crippen molar-refractivity contribution in [3.05, 3.63) is 29.8 Å². The molecular formula is C12H14N2O3. The van der Waals surface area contributed by atoms with E-state index >= 15 is 0 Å². The molecule has 1 atom stereocenters. The lowest BCUT2D eigenvalue weighted by molar-refractivity contribution is -0.141. The summed E-state index contributed by atoms with van der Waals surface area (Å²) < 4.78 is 0. The summed E-state index contributed by atoms with van der Waals surface area (Å²) in [5, 5.41) is 8.88. The first-order chi connectivity index (χ1) is 8.09. The molecule has 1 aromatic rings. The number of rotatable bonds is 2. The smallest absolute Gasteiger partial charge is 0.308 e. The van der Waals surface area contributed by atoms with Gasteiger partial charge in [0.1, 0.15) is 0 Å². The summed E-state index contributed by atoms with van der Waals surface area (Å²) >= 11 is 0. The van der Waals surface area contributed by atoms with Gasteiger partial charge >= 0.3 is 5.97 Å². The molecule has 1 heterocycles. The summed E-state index contributed by atoms with van der Waals surface area (Å²) in [6.45, 7) is 0.743. The molecule has 0 spiro atoms. The number of anilines is 1. The zero-order chi connectivity index (χ0) is 12.4. The van der Waals surface area contributed by atoms with Crippen LogP contribution in [-0.4, -0.2) is 35.0 Å². The molecule has 17 heavy (non-hydrogen) atoms. The molecule has 0 saturated carbocycles. The zero-order valence-corrected chi connectivity index (χ0v) is 9.30. The topological polar surface area (TPSA) is 83.6 Å². The quantitative estimate of drug-likeness (QED) is 0.742. The Kier molecular flexibility index (Phi) is 2.99. The van der Waals surface area contributed by atoms with Crippen LogP contribution in [0.3, 0.4) is 0 Å². The fraction of sp³-hybridized carbons (Fsp3) is 0.333. The number of benzene rings is 1. The third-order valence-corrected chi connectivity index (χ3v) is 3.02. The summed E-state index contributed by atoms with van der Waals surface area (Å²) in [6, 6.07) is 6.83. The first kappa shape index (κ1) is 11.4. The Balaban J connectivity index is 2.13. The van der Waals surface area contributed by atoms with Crippen molar-refractivity contribution in [2.75, 3.05) is 18.8 Å². The molecule has 1 aliphatic heterocycles.